The normalized spacial score (nSPS) is 18.7. The van der Waals surface area contributed by atoms with Gasteiger partial charge in [0.15, 0.2) is 11.3 Å². The molecule has 43 heavy (non-hydrogen) atoms. The molecule has 2 saturated heterocycles. The van der Waals surface area contributed by atoms with Crippen LogP contribution < -0.4 is 0 Å². The molecule has 0 aliphatic carbocycles. The van der Waals surface area contributed by atoms with Crippen LogP contribution >= 0.6 is 10.6 Å². The summed E-state index contributed by atoms with van der Waals surface area (Å²) in [6.07, 6.45) is 3.54. The van der Waals surface area contributed by atoms with Crippen LogP contribution in [0.25, 0.3) is 39.1 Å². The SMILES string of the molecule is Cc1cc2ncc3cc(-c4ccccc4)c(-c4ccc(CN5CCC(C(=O)N6CCS(O)(O)CC6)CC5)cc4)nc3n2n1. The van der Waals surface area contributed by atoms with Gasteiger partial charge in [0.05, 0.1) is 22.9 Å². The van der Waals surface area contributed by atoms with Crippen molar-refractivity contribution < 1.29 is 13.9 Å². The number of hydrogen-bond acceptors (Lipinski definition) is 7. The molecule has 2 N–H and O–H groups in total. The number of aromatic nitrogens is 4. The molecule has 2 fully saturated rings. The first kappa shape index (κ1) is 28.0. The Hall–Kier alpha value is -3.83. The highest BCUT2D eigenvalue weighted by atomic mass is 32.3. The second kappa shape index (κ2) is 11.3. The largest absolute Gasteiger partial charge is 0.339 e. The fraction of sp³-hybridized carbons (Fsp3) is 0.333. The number of aryl methyl sites for hydroxylation is 1. The molecule has 2 aliphatic rings. The summed E-state index contributed by atoms with van der Waals surface area (Å²) in [6.45, 7) is 5.45. The van der Waals surface area contributed by atoms with Crippen molar-refractivity contribution in [2.75, 3.05) is 37.7 Å². The van der Waals surface area contributed by atoms with Crippen molar-refractivity contribution in [2.45, 2.75) is 26.3 Å². The number of pyridine rings is 1. The van der Waals surface area contributed by atoms with Gasteiger partial charge in [0.25, 0.3) is 0 Å². The fourth-order valence-electron chi connectivity index (χ4n) is 6.28. The predicted octanol–water partition coefficient (Wildman–Crippen LogP) is 5.72. The molecular weight excluding hydrogens is 560 g/mol. The van der Waals surface area contributed by atoms with E-state index in [1.54, 1.807) is 0 Å². The third-order valence-electron chi connectivity index (χ3n) is 8.72. The van der Waals surface area contributed by atoms with E-state index in [1.807, 2.05) is 46.8 Å². The van der Waals surface area contributed by atoms with Crippen LogP contribution in [0.1, 0.15) is 24.1 Å². The second-order valence-electron chi connectivity index (χ2n) is 11.8. The molecule has 0 unspecified atom stereocenters. The van der Waals surface area contributed by atoms with E-state index in [1.165, 1.54) is 5.56 Å². The zero-order valence-corrected chi connectivity index (χ0v) is 25.1. The molecule has 5 heterocycles. The highest BCUT2D eigenvalue weighted by Crippen LogP contribution is 2.41. The highest BCUT2D eigenvalue weighted by Gasteiger charge is 2.32. The van der Waals surface area contributed by atoms with Gasteiger partial charge in [0.2, 0.25) is 5.91 Å². The molecule has 0 bridgehead atoms. The molecule has 2 aliphatic heterocycles. The van der Waals surface area contributed by atoms with Crippen molar-refractivity contribution in [3.8, 4) is 22.4 Å². The maximum absolute atomic E-state index is 13.0. The predicted molar refractivity (Wildman–Crippen MR) is 171 cm³/mol. The maximum Gasteiger partial charge on any atom is 0.225 e. The minimum absolute atomic E-state index is 0.0223. The van der Waals surface area contributed by atoms with Gasteiger partial charge in [0, 0.05) is 54.3 Å². The number of nitrogens with zero attached hydrogens (tertiary/aromatic N) is 6. The molecule has 0 spiro atoms. The standard InChI is InChI=1S/C33H36N6O3S/c1-23-19-30-34-21-28-20-29(25-5-3-2-4-6-25)31(35-32(28)39(30)36-23)26-9-7-24(8-10-26)22-37-13-11-27(12-14-37)33(40)38-15-17-43(41,42)18-16-38/h2-10,19-21,27,41-42H,11-18,22H2,1H3. The molecule has 3 aromatic heterocycles. The third kappa shape index (κ3) is 5.75. The van der Waals surface area contributed by atoms with Crippen LogP contribution in [0.15, 0.2) is 72.9 Å². The Balaban J connectivity index is 1.09. The van der Waals surface area contributed by atoms with Gasteiger partial charge in [0.1, 0.15) is 0 Å². The Kier molecular flexibility index (Phi) is 7.38. The van der Waals surface area contributed by atoms with E-state index in [-0.39, 0.29) is 11.8 Å². The summed E-state index contributed by atoms with van der Waals surface area (Å²) in [5.41, 5.74) is 7.80. The molecule has 7 rings (SSSR count). The van der Waals surface area contributed by atoms with Crippen LogP contribution in [0.2, 0.25) is 0 Å². The maximum atomic E-state index is 13.0. The quantitative estimate of drug-likeness (QED) is 0.267. The smallest absolute Gasteiger partial charge is 0.225 e. The first-order valence-corrected chi connectivity index (χ1v) is 16.8. The van der Waals surface area contributed by atoms with Gasteiger partial charge in [-0.1, -0.05) is 54.6 Å². The van der Waals surface area contributed by atoms with Gasteiger partial charge in [-0.2, -0.15) is 20.2 Å². The first-order chi connectivity index (χ1) is 20.8. The van der Waals surface area contributed by atoms with E-state index in [9.17, 15) is 13.9 Å². The van der Waals surface area contributed by atoms with Gasteiger partial charge in [-0.3, -0.25) is 18.8 Å². The Morgan fingerprint density at radius 1 is 0.930 bits per heavy atom. The number of amides is 1. The molecule has 0 radical (unpaired) electrons. The van der Waals surface area contributed by atoms with E-state index in [2.05, 4.69) is 57.4 Å². The Bertz CT molecular complexity index is 1770. The topological polar surface area (TPSA) is 107 Å². The number of hydrogen-bond donors (Lipinski definition) is 2. The van der Waals surface area contributed by atoms with E-state index < -0.39 is 10.6 Å². The minimum atomic E-state index is -2.49. The zero-order chi connectivity index (χ0) is 29.6. The van der Waals surface area contributed by atoms with Gasteiger partial charge in [-0.05, 0) is 50.0 Å². The molecule has 2 aromatic carbocycles. The molecule has 0 saturated carbocycles. The van der Waals surface area contributed by atoms with Crippen molar-refractivity contribution in [1.29, 1.82) is 0 Å². The Morgan fingerprint density at radius 3 is 2.37 bits per heavy atom. The third-order valence-corrected chi connectivity index (χ3v) is 10.4. The van der Waals surface area contributed by atoms with Crippen molar-refractivity contribution >= 4 is 33.2 Å². The van der Waals surface area contributed by atoms with Crippen molar-refractivity contribution in [3.05, 3.63) is 84.2 Å². The summed E-state index contributed by atoms with van der Waals surface area (Å²) in [5.74, 6) is 0.808. The number of carbonyl (C=O) groups excluding carboxylic acids is 1. The number of rotatable bonds is 5. The van der Waals surface area contributed by atoms with E-state index in [0.29, 0.717) is 24.6 Å². The van der Waals surface area contributed by atoms with Crippen molar-refractivity contribution in [1.82, 2.24) is 29.4 Å². The van der Waals surface area contributed by atoms with Gasteiger partial charge in [-0.15, -0.1) is 0 Å². The van der Waals surface area contributed by atoms with Crippen LogP contribution in [-0.4, -0.2) is 82.1 Å². The van der Waals surface area contributed by atoms with E-state index >= 15 is 0 Å². The average Bonchev–Trinajstić information content (AvgIpc) is 3.42. The van der Waals surface area contributed by atoms with Crippen molar-refractivity contribution in [3.63, 3.8) is 0 Å². The van der Waals surface area contributed by atoms with Crippen LogP contribution in [0.4, 0.5) is 0 Å². The Morgan fingerprint density at radius 2 is 1.65 bits per heavy atom. The Labute approximate surface area is 252 Å². The number of benzene rings is 2. The molecular formula is C33H36N6O3S. The first-order valence-electron chi connectivity index (χ1n) is 14.9. The van der Waals surface area contributed by atoms with E-state index in [0.717, 1.165) is 77.2 Å². The number of fused-ring (bicyclic) bond motifs is 3. The second-order valence-corrected chi connectivity index (χ2v) is 14.2. The van der Waals surface area contributed by atoms with Gasteiger partial charge in [-0.25, -0.2) is 9.97 Å². The molecule has 5 aromatic rings. The molecule has 222 valence electrons. The average molecular weight is 597 g/mol. The van der Waals surface area contributed by atoms with Crippen LogP contribution in [-0.2, 0) is 11.3 Å². The van der Waals surface area contributed by atoms with Crippen LogP contribution in [0, 0.1) is 12.8 Å². The lowest BCUT2D eigenvalue weighted by Crippen LogP contribution is -2.47. The van der Waals surface area contributed by atoms with Crippen molar-refractivity contribution in [2.24, 2.45) is 5.92 Å². The zero-order valence-electron chi connectivity index (χ0n) is 24.3. The lowest BCUT2D eigenvalue weighted by atomic mass is 9.94. The van der Waals surface area contributed by atoms with Crippen LogP contribution in [0.3, 0.4) is 0 Å². The molecule has 9 nitrogen and oxygen atoms in total. The number of carbonyl (C=O) groups is 1. The summed E-state index contributed by atoms with van der Waals surface area (Å²) >= 11 is 0. The summed E-state index contributed by atoms with van der Waals surface area (Å²) in [4.78, 5) is 27.0. The van der Waals surface area contributed by atoms with Gasteiger partial charge >= 0.3 is 0 Å². The van der Waals surface area contributed by atoms with Crippen LogP contribution in [0.5, 0.6) is 0 Å². The molecule has 0 atom stereocenters. The number of piperidine rings is 1. The lowest BCUT2D eigenvalue weighted by molar-refractivity contribution is -0.136. The summed E-state index contributed by atoms with van der Waals surface area (Å²) < 4.78 is 21.6. The molecule has 10 heteroatoms. The summed E-state index contributed by atoms with van der Waals surface area (Å²) in [7, 11) is -2.49. The van der Waals surface area contributed by atoms with Gasteiger partial charge < -0.3 is 4.90 Å². The molecule has 1 amide bonds. The van der Waals surface area contributed by atoms with E-state index in [4.69, 9.17) is 4.98 Å². The monoisotopic (exact) mass is 596 g/mol. The highest BCUT2D eigenvalue weighted by molar-refractivity contribution is 8.24. The fourth-order valence-corrected chi connectivity index (χ4v) is 7.51. The lowest BCUT2D eigenvalue weighted by Gasteiger charge is -2.42. The summed E-state index contributed by atoms with van der Waals surface area (Å²) in [5, 5.41) is 5.59. The summed E-state index contributed by atoms with van der Waals surface area (Å²) in [6, 6.07) is 23.1. The number of likely N-dealkylation sites (tertiary alicyclic amines) is 1. The minimum Gasteiger partial charge on any atom is -0.339 e.